The number of rotatable bonds is 7. The van der Waals surface area contributed by atoms with Gasteiger partial charge in [-0.3, -0.25) is 14.4 Å². The summed E-state index contributed by atoms with van der Waals surface area (Å²) in [4.78, 5) is 37.9. The number of ketones is 1. The third-order valence-corrected chi connectivity index (χ3v) is 5.87. The minimum atomic E-state index is -0.224. The maximum Gasteiger partial charge on any atom is 0.277 e. The van der Waals surface area contributed by atoms with Crippen molar-refractivity contribution in [1.82, 2.24) is 15.0 Å². The highest BCUT2D eigenvalue weighted by molar-refractivity contribution is 6.10. The first-order valence-electron chi connectivity index (χ1n) is 11.3. The number of anilines is 1. The second kappa shape index (κ2) is 9.34. The molecule has 2 aromatic heterocycles. The van der Waals surface area contributed by atoms with Gasteiger partial charge in [0.15, 0.2) is 5.76 Å². The van der Waals surface area contributed by atoms with Crippen molar-refractivity contribution in [1.29, 1.82) is 0 Å². The first-order chi connectivity index (χ1) is 17.0. The Hall–Kier alpha value is -4.59. The van der Waals surface area contributed by atoms with E-state index in [-0.39, 0.29) is 36.0 Å². The molecule has 2 heterocycles. The van der Waals surface area contributed by atoms with Gasteiger partial charge in [-0.2, -0.15) is 0 Å². The third kappa shape index (κ3) is 4.46. The predicted molar refractivity (Wildman–Crippen MR) is 132 cm³/mol. The van der Waals surface area contributed by atoms with Crippen LogP contribution in [0.4, 0.5) is 5.69 Å². The molecule has 0 unspecified atom stereocenters. The molecule has 174 valence electrons. The van der Waals surface area contributed by atoms with Crippen molar-refractivity contribution in [2.75, 3.05) is 5.32 Å². The zero-order chi connectivity index (χ0) is 24.4. The fourth-order valence-electron chi connectivity index (χ4n) is 4.02. The van der Waals surface area contributed by atoms with E-state index in [0.717, 1.165) is 10.9 Å². The zero-order valence-electron chi connectivity index (χ0n) is 19.0. The van der Waals surface area contributed by atoms with Crippen LogP contribution in [0.25, 0.3) is 21.9 Å². The van der Waals surface area contributed by atoms with Crippen molar-refractivity contribution in [2.45, 2.75) is 26.3 Å². The van der Waals surface area contributed by atoms with Gasteiger partial charge in [0.2, 0.25) is 11.7 Å². The number of carbonyl (C=O) groups is 2. The number of aromatic nitrogens is 3. The largest absolute Gasteiger partial charge is 0.452 e. The molecule has 8 nitrogen and oxygen atoms in total. The smallest absolute Gasteiger partial charge is 0.277 e. The number of furan rings is 1. The Morgan fingerprint density at radius 3 is 2.57 bits per heavy atom. The van der Waals surface area contributed by atoms with Crippen LogP contribution in [0.2, 0.25) is 0 Å². The Balaban J connectivity index is 1.25. The first-order valence-corrected chi connectivity index (χ1v) is 11.3. The number of hydrogen-bond acceptors (Lipinski definition) is 6. The van der Waals surface area contributed by atoms with E-state index >= 15 is 0 Å². The molecule has 8 heteroatoms. The number of carbonyl (C=O) groups excluding carboxylic acids is 2. The standard InChI is InChI=1S/C27H22N4O4/c1-17-21-16-19(13-14-23(21)35-26(17)25(33)18-8-3-2-4-9-18)28-24(32)12-7-15-31-27(34)20-10-5-6-11-22(20)29-30-31/h2-6,8-11,13-14,16H,7,12,15H2,1H3,(H,28,32). The maximum absolute atomic E-state index is 12.8. The molecule has 0 radical (unpaired) electrons. The molecule has 0 saturated heterocycles. The monoisotopic (exact) mass is 466 g/mol. The highest BCUT2D eigenvalue weighted by atomic mass is 16.3. The van der Waals surface area contributed by atoms with Gasteiger partial charge in [0, 0.05) is 35.2 Å². The molecule has 0 fully saturated rings. The summed E-state index contributed by atoms with van der Waals surface area (Å²) in [6.07, 6.45) is 0.641. The number of nitrogens with zero attached hydrogens (tertiary/aromatic N) is 3. The fraction of sp³-hybridized carbons (Fsp3) is 0.148. The molecule has 5 aromatic rings. The number of benzene rings is 3. The molecule has 0 saturated carbocycles. The molecule has 3 aromatic carbocycles. The molecular formula is C27H22N4O4. The van der Waals surface area contributed by atoms with Crippen LogP contribution in [0.5, 0.6) is 0 Å². The topological polar surface area (TPSA) is 107 Å². The van der Waals surface area contributed by atoms with Crippen LogP contribution in [-0.4, -0.2) is 26.7 Å². The van der Waals surface area contributed by atoms with Crippen LogP contribution in [0.3, 0.4) is 0 Å². The van der Waals surface area contributed by atoms with Gasteiger partial charge in [-0.25, -0.2) is 4.68 Å². The van der Waals surface area contributed by atoms with Crippen LogP contribution >= 0.6 is 0 Å². The minimum Gasteiger partial charge on any atom is -0.452 e. The highest BCUT2D eigenvalue weighted by Crippen LogP contribution is 2.29. The van der Waals surface area contributed by atoms with E-state index in [1.807, 2.05) is 25.1 Å². The van der Waals surface area contributed by atoms with Gasteiger partial charge >= 0.3 is 0 Å². The summed E-state index contributed by atoms with van der Waals surface area (Å²) in [6.45, 7) is 2.12. The van der Waals surface area contributed by atoms with E-state index in [4.69, 9.17) is 4.42 Å². The van der Waals surface area contributed by atoms with Crippen LogP contribution in [0.15, 0.2) is 82.0 Å². The summed E-state index contributed by atoms with van der Waals surface area (Å²) in [5, 5.41) is 12.1. The lowest BCUT2D eigenvalue weighted by atomic mass is 10.0. The molecule has 0 aliphatic carbocycles. The van der Waals surface area contributed by atoms with Crippen LogP contribution < -0.4 is 10.9 Å². The number of amides is 1. The molecule has 5 rings (SSSR count). The van der Waals surface area contributed by atoms with E-state index in [2.05, 4.69) is 15.6 Å². The van der Waals surface area contributed by atoms with Gasteiger partial charge in [0.05, 0.1) is 5.39 Å². The van der Waals surface area contributed by atoms with E-state index in [0.29, 0.717) is 34.2 Å². The second-order valence-electron chi connectivity index (χ2n) is 8.25. The minimum absolute atomic E-state index is 0.183. The normalized spacial score (nSPS) is 11.1. The average molecular weight is 466 g/mol. The first kappa shape index (κ1) is 22.2. The van der Waals surface area contributed by atoms with Crippen molar-refractivity contribution < 1.29 is 14.0 Å². The molecule has 0 bridgehead atoms. The van der Waals surface area contributed by atoms with Crippen molar-refractivity contribution in [3.05, 3.63) is 100 Å². The summed E-state index contributed by atoms with van der Waals surface area (Å²) in [5.74, 6) is -0.0820. The van der Waals surface area contributed by atoms with Crippen molar-refractivity contribution in [3.63, 3.8) is 0 Å². The summed E-state index contributed by atoms with van der Waals surface area (Å²) >= 11 is 0. The quantitative estimate of drug-likeness (QED) is 0.354. The van der Waals surface area contributed by atoms with Crippen molar-refractivity contribution in [2.24, 2.45) is 0 Å². The van der Waals surface area contributed by atoms with Crippen molar-refractivity contribution in [3.8, 4) is 0 Å². The zero-order valence-corrected chi connectivity index (χ0v) is 19.0. The Morgan fingerprint density at radius 2 is 1.74 bits per heavy atom. The molecule has 0 atom stereocenters. The Kier molecular flexibility index (Phi) is 5.93. The third-order valence-electron chi connectivity index (χ3n) is 5.87. The van der Waals surface area contributed by atoms with Crippen LogP contribution in [0, 0.1) is 6.92 Å². The molecule has 1 amide bonds. The lowest BCUT2D eigenvalue weighted by Crippen LogP contribution is -2.25. The number of nitrogens with one attached hydrogen (secondary N) is 1. The second-order valence-corrected chi connectivity index (χ2v) is 8.25. The van der Waals surface area contributed by atoms with Crippen molar-refractivity contribution >= 4 is 39.2 Å². The molecule has 35 heavy (non-hydrogen) atoms. The summed E-state index contributed by atoms with van der Waals surface area (Å²) in [7, 11) is 0. The lowest BCUT2D eigenvalue weighted by Gasteiger charge is -2.07. The van der Waals surface area contributed by atoms with Gasteiger partial charge in [0.1, 0.15) is 11.1 Å². The fourth-order valence-corrected chi connectivity index (χ4v) is 4.02. The van der Waals surface area contributed by atoms with E-state index in [1.165, 1.54) is 4.68 Å². The lowest BCUT2D eigenvalue weighted by molar-refractivity contribution is -0.116. The average Bonchev–Trinajstić information content (AvgIpc) is 3.21. The van der Waals surface area contributed by atoms with Crippen LogP contribution in [-0.2, 0) is 11.3 Å². The molecule has 0 aliphatic rings. The van der Waals surface area contributed by atoms with E-state index in [1.54, 1.807) is 54.6 Å². The van der Waals surface area contributed by atoms with Gasteiger partial charge in [-0.15, -0.1) is 5.10 Å². The summed E-state index contributed by atoms with van der Waals surface area (Å²) < 4.78 is 7.10. The Bertz CT molecular complexity index is 1620. The van der Waals surface area contributed by atoms with Crippen LogP contribution in [0.1, 0.15) is 34.5 Å². The SMILES string of the molecule is Cc1c(C(=O)c2ccccc2)oc2ccc(NC(=O)CCCn3nnc4ccccc4c3=O)cc12. The van der Waals surface area contributed by atoms with E-state index in [9.17, 15) is 14.4 Å². The highest BCUT2D eigenvalue weighted by Gasteiger charge is 2.19. The number of fused-ring (bicyclic) bond motifs is 2. The van der Waals surface area contributed by atoms with Gasteiger partial charge in [-0.1, -0.05) is 47.7 Å². The van der Waals surface area contributed by atoms with Gasteiger partial charge in [0.25, 0.3) is 5.56 Å². The number of aryl methyl sites for hydroxylation is 2. The maximum atomic E-state index is 12.8. The van der Waals surface area contributed by atoms with Gasteiger partial charge < -0.3 is 9.73 Å². The predicted octanol–water partition coefficient (Wildman–Crippen LogP) is 4.50. The summed E-state index contributed by atoms with van der Waals surface area (Å²) in [6, 6.07) is 21.3. The van der Waals surface area contributed by atoms with E-state index < -0.39 is 0 Å². The molecule has 0 aliphatic heterocycles. The number of hydrogen-bond donors (Lipinski definition) is 1. The molecule has 0 spiro atoms. The Labute approximate surface area is 200 Å². The molecule has 1 N–H and O–H groups in total. The summed E-state index contributed by atoms with van der Waals surface area (Å²) in [5.41, 5.74) is 2.78. The van der Waals surface area contributed by atoms with Gasteiger partial charge in [-0.05, 0) is 43.7 Å². The Morgan fingerprint density at radius 1 is 0.971 bits per heavy atom. The molecular weight excluding hydrogens is 444 g/mol.